The zero-order chi connectivity index (χ0) is 33.5. The monoisotopic (exact) mass is 667 g/mol. The summed E-state index contributed by atoms with van der Waals surface area (Å²) in [6.07, 6.45) is 1.92. The van der Waals surface area contributed by atoms with Gasteiger partial charge in [-0.05, 0) is 76.9 Å². The Bertz CT molecular complexity index is 3060. The van der Waals surface area contributed by atoms with Gasteiger partial charge in [0.15, 0.2) is 0 Å². The molecule has 0 aliphatic heterocycles. The van der Waals surface area contributed by atoms with E-state index >= 15 is 0 Å². The minimum atomic E-state index is 1.05. The molecule has 4 heteroatoms. The number of fused-ring (bicyclic) bond motifs is 12. The maximum Gasteiger partial charge on any atom is 0.124 e. The van der Waals surface area contributed by atoms with Crippen molar-refractivity contribution >= 4 is 75.3 Å². The molecule has 7 aromatic carbocycles. The molecule has 4 heterocycles. The Balaban J connectivity index is 1.40. The lowest BCUT2D eigenvalue weighted by atomic mass is 9.98. The van der Waals surface area contributed by atoms with Crippen LogP contribution < -0.4 is 0 Å². The molecule has 0 amide bonds. The van der Waals surface area contributed by atoms with E-state index in [2.05, 4.69) is 179 Å². The third-order valence-electron chi connectivity index (χ3n) is 10.3. The summed E-state index contributed by atoms with van der Waals surface area (Å²) in [4.78, 5) is 6.00. The van der Waals surface area contributed by atoms with Gasteiger partial charge >= 0.3 is 0 Å². The van der Waals surface area contributed by atoms with Crippen LogP contribution in [0.3, 0.4) is 0 Å². The molecule has 11 aromatic rings. The number of benzene rings is 7. The van der Waals surface area contributed by atoms with Gasteiger partial charge in [0.2, 0.25) is 0 Å². The maximum atomic E-state index is 4.94. The first-order valence-corrected chi connectivity index (χ1v) is 18.1. The van der Waals surface area contributed by atoms with Crippen molar-refractivity contribution in [1.29, 1.82) is 0 Å². The fourth-order valence-electron chi connectivity index (χ4n) is 8.22. The molecule has 0 bridgehead atoms. The second-order valence-corrected chi connectivity index (χ2v) is 14.1. The van der Waals surface area contributed by atoms with Gasteiger partial charge in [-0.3, -0.25) is 0 Å². The highest BCUT2D eigenvalue weighted by Gasteiger charge is 2.27. The van der Waals surface area contributed by atoms with Crippen LogP contribution in [-0.2, 0) is 0 Å². The zero-order valence-electron chi connectivity index (χ0n) is 27.5. The first-order valence-electron chi connectivity index (χ1n) is 17.3. The summed E-state index contributed by atoms with van der Waals surface area (Å²) in [6, 6.07) is 61.5. The summed E-state index contributed by atoms with van der Waals surface area (Å²) in [6.45, 7) is 0. The van der Waals surface area contributed by atoms with E-state index in [1.807, 2.05) is 6.20 Å². The number of rotatable bonds is 4. The van der Waals surface area contributed by atoms with Gasteiger partial charge in [0.25, 0.3) is 0 Å². The van der Waals surface area contributed by atoms with Crippen molar-refractivity contribution in [3.05, 3.63) is 176 Å². The molecule has 0 aliphatic rings. The number of aromatic nitrogens is 3. The van der Waals surface area contributed by atoms with Crippen LogP contribution in [0.2, 0.25) is 0 Å². The van der Waals surface area contributed by atoms with Crippen molar-refractivity contribution < 1.29 is 0 Å². The third-order valence-corrected chi connectivity index (χ3v) is 11.4. The number of hydrogen-bond donors (Lipinski definition) is 0. The fourth-order valence-corrected chi connectivity index (χ4v) is 9.41. The van der Waals surface area contributed by atoms with Crippen LogP contribution in [0.1, 0.15) is 0 Å². The minimum Gasteiger partial charge on any atom is -0.309 e. The molecule has 11 rings (SSSR count). The van der Waals surface area contributed by atoms with Crippen molar-refractivity contribution in [2.75, 3.05) is 0 Å². The molecule has 0 N–H and O–H groups in total. The second kappa shape index (κ2) is 11.0. The highest BCUT2D eigenvalue weighted by molar-refractivity contribution is 7.26. The maximum absolute atomic E-state index is 4.94. The van der Waals surface area contributed by atoms with E-state index in [9.17, 15) is 0 Å². The number of hydrogen-bond acceptors (Lipinski definition) is 2. The highest BCUT2D eigenvalue weighted by Crippen LogP contribution is 2.51. The Kier molecular flexibility index (Phi) is 6.12. The number of pyridine rings is 1. The van der Waals surface area contributed by atoms with Gasteiger partial charge in [0.1, 0.15) is 4.83 Å². The van der Waals surface area contributed by atoms with E-state index in [0.29, 0.717) is 0 Å². The van der Waals surface area contributed by atoms with E-state index in [-0.39, 0.29) is 0 Å². The summed E-state index contributed by atoms with van der Waals surface area (Å²) < 4.78 is 6.26. The van der Waals surface area contributed by atoms with E-state index in [4.69, 9.17) is 4.98 Å². The molecule has 51 heavy (non-hydrogen) atoms. The van der Waals surface area contributed by atoms with Crippen LogP contribution in [0.5, 0.6) is 0 Å². The van der Waals surface area contributed by atoms with Crippen molar-refractivity contribution in [2.45, 2.75) is 0 Å². The number of nitrogens with zero attached hydrogens (tertiary/aromatic N) is 3. The minimum absolute atomic E-state index is 1.05. The van der Waals surface area contributed by atoms with Crippen LogP contribution in [0.4, 0.5) is 0 Å². The molecule has 0 aliphatic carbocycles. The Morgan fingerprint density at radius 3 is 1.57 bits per heavy atom. The Morgan fingerprint density at radius 2 is 0.922 bits per heavy atom. The van der Waals surface area contributed by atoms with Gasteiger partial charge in [0, 0.05) is 49.9 Å². The predicted octanol–water partition coefficient (Wildman–Crippen LogP) is 13.0. The molecule has 0 saturated carbocycles. The van der Waals surface area contributed by atoms with Crippen molar-refractivity contribution in [1.82, 2.24) is 14.1 Å². The van der Waals surface area contributed by atoms with E-state index in [0.717, 1.165) is 16.2 Å². The third kappa shape index (κ3) is 4.14. The molecular weight excluding hydrogens is 639 g/mol. The van der Waals surface area contributed by atoms with Crippen molar-refractivity contribution in [3.63, 3.8) is 0 Å². The SMILES string of the molecule is c1ccc(-c2cc(-c3ccccc3)cc(-n3c4ccccc4c4c3c3sc5ncccc5c3c3c5ccccc5n(-c5ccccc5)c34)c2)cc1. The molecular formula is C47H29N3S. The molecule has 0 atom stereocenters. The molecule has 0 saturated heterocycles. The molecule has 0 radical (unpaired) electrons. The lowest BCUT2D eigenvalue weighted by Gasteiger charge is -2.15. The molecule has 0 fully saturated rings. The Hall–Kier alpha value is -6.49. The van der Waals surface area contributed by atoms with Crippen molar-refractivity contribution in [2.24, 2.45) is 0 Å². The normalized spacial score (nSPS) is 11.9. The van der Waals surface area contributed by atoms with Crippen LogP contribution in [0, 0.1) is 0 Å². The topological polar surface area (TPSA) is 22.8 Å². The Labute approximate surface area is 297 Å². The van der Waals surface area contributed by atoms with Gasteiger partial charge < -0.3 is 9.13 Å². The first kappa shape index (κ1) is 28.4. The summed E-state index contributed by atoms with van der Waals surface area (Å²) in [5.41, 5.74) is 11.9. The largest absolute Gasteiger partial charge is 0.309 e. The summed E-state index contributed by atoms with van der Waals surface area (Å²) >= 11 is 1.80. The van der Waals surface area contributed by atoms with Gasteiger partial charge in [-0.15, -0.1) is 11.3 Å². The average Bonchev–Trinajstić information content (AvgIpc) is 3.87. The quantitative estimate of drug-likeness (QED) is 0.183. The van der Waals surface area contributed by atoms with E-state index in [1.54, 1.807) is 11.3 Å². The van der Waals surface area contributed by atoms with Gasteiger partial charge in [-0.1, -0.05) is 115 Å². The van der Waals surface area contributed by atoms with Crippen LogP contribution >= 0.6 is 11.3 Å². The van der Waals surface area contributed by atoms with E-state index in [1.165, 1.54) is 81.3 Å². The van der Waals surface area contributed by atoms with Gasteiger partial charge in [0.05, 0.1) is 26.8 Å². The van der Waals surface area contributed by atoms with Crippen LogP contribution in [0.25, 0.3) is 97.5 Å². The Morgan fingerprint density at radius 1 is 0.392 bits per heavy atom. The standard InChI is InChI=1S/C47H29N3S/c1-4-15-30(16-5-1)32-27-33(31-17-6-2-7-18-31)29-35(28-32)50-40-25-13-11-22-37(40)43-44-41(42-38-23-14-26-48-47(38)51-46(42)45(43)50)36-21-10-12-24-39(36)49(44)34-19-8-3-9-20-34/h1-29H. The molecule has 0 unspecified atom stereocenters. The molecule has 0 spiro atoms. The zero-order valence-corrected chi connectivity index (χ0v) is 28.3. The van der Waals surface area contributed by atoms with Crippen molar-refractivity contribution in [3.8, 4) is 33.6 Å². The predicted molar refractivity (Wildman–Crippen MR) is 217 cm³/mol. The summed E-state index contributed by atoms with van der Waals surface area (Å²) in [5.74, 6) is 0. The van der Waals surface area contributed by atoms with Gasteiger partial charge in [-0.2, -0.15) is 0 Å². The fraction of sp³-hybridized carbons (Fsp3) is 0. The lowest BCUT2D eigenvalue weighted by molar-refractivity contribution is 1.18. The first-order chi connectivity index (χ1) is 25.3. The molecule has 238 valence electrons. The van der Waals surface area contributed by atoms with Crippen LogP contribution in [-0.4, -0.2) is 14.1 Å². The average molecular weight is 668 g/mol. The van der Waals surface area contributed by atoms with E-state index < -0.39 is 0 Å². The smallest absolute Gasteiger partial charge is 0.124 e. The molecule has 4 aromatic heterocycles. The second-order valence-electron chi connectivity index (χ2n) is 13.2. The highest BCUT2D eigenvalue weighted by atomic mass is 32.1. The van der Waals surface area contributed by atoms with Gasteiger partial charge in [-0.25, -0.2) is 4.98 Å². The van der Waals surface area contributed by atoms with Crippen LogP contribution in [0.15, 0.2) is 176 Å². The number of para-hydroxylation sites is 3. The molecule has 3 nitrogen and oxygen atoms in total. The number of thiophene rings is 1. The summed E-state index contributed by atoms with van der Waals surface area (Å²) in [7, 11) is 0. The summed E-state index contributed by atoms with van der Waals surface area (Å²) in [5, 5.41) is 7.48. The lowest BCUT2D eigenvalue weighted by Crippen LogP contribution is -1.97.